The Hall–Kier alpha value is -1.13. The van der Waals surface area contributed by atoms with Gasteiger partial charge in [-0.3, -0.25) is 4.79 Å². The van der Waals surface area contributed by atoms with Crippen LogP contribution in [-0.4, -0.2) is 18.5 Å². The molecule has 0 aromatic heterocycles. The van der Waals surface area contributed by atoms with Crippen molar-refractivity contribution >= 4 is 17.5 Å². The van der Waals surface area contributed by atoms with Crippen molar-refractivity contribution in [1.82, 2.24) is 10.6 Å². The summed E-state index contributed by atoms with van der Waals surface area (Å²) in [5.41, 5.74) is 0.822. The predicted molar refractivity (Wildman–Crippen MR) is 71.0 cm³/mol. The van der Waals surface area contributed by atoms with Crippen molar-refractivity contribution in [2.24, 2.45) is 0 Å². The number of rotatable bonds is 6. The maximum Gasteiger partial charge on any atom is 0.221 e. The van der Waals surface area contributed by atoms with Gasteiger partial charge in [0.15, 0.2) is 0 Å². The molecule has 1 aromatic rings. The molecule has 0 aliphatic rings. The predicted octanol–water partition coefficient (Wildman–Crippen LogP) is 2.48. The first-order valence-electron chi connectivity index (χ1n) is 5.93. The lowest BCUT2D eigenvalue weighted by molar-refractivity contribution is -0.121. The van der Waals surface area contributed by atoms with Gasteiger partial charge in [0.2, 0.25) is 5.91 Å². The lowest BCUT2D eigenvalue weighted by atomic mass is 10.2. The van der Waals surface area contributed by atoms with E-state index in [9.17, 15) is 9.18 Å². The van der Waals surface area contributed by atoms with Crippen molar-refractivity contribution in [3.05, 3.63) is 34.6 Å². The smallest absolute Gasteiger partial charge is 0.221 e. The van der Waals surface area contributed by atoms with Gasteiger partial charge in [-0.2, -0.15) is 0 Å². The monoisotopic (exact) mass is 272 g/mol. The number of nitrogens with one attached hydrogen (secondary N) is 2. The minimum Gasteiger partial charge on any atom is -0.354 e. The van der Waals surface area contributed by atoms with E-state index in [0.29, 0.717) is 24.5 Å². The summed E-state index contributed by atoms with van der Waals surface area (Å²) >= 11 is 5.88. The molecule has 3 nitrogen and oxygen atoms in total. The zero-order valence-electron chi connectivity index (χ0n) is 10.6. The summed E-state index contributed by atoms with van der Waals surface area (Å²) in [5.74, 6) is -0.331. The van der Waals surface area contributed by atoms with Crippen molar-refractivity contribution in [1.29, 1.82) is 0 Å². The van der Waals surface area contributed by atoms with E-state index in [-0.39, 0.29) is 17.8 Å². The summed E-state index contributed by atoms with van der Waals surface area (Å²) in [6, 6.07) is 4.45. The first-order chi connectivity index (χ1) is 8.49. The number of hydrogen-bond acceptors (Lipinski definition) is 2. The van der Waals surface area contributed by atoms with Gasteiger partial charge in [-0.15, -0.1) is 0 Å². The standard InChI is InChI=1S/C13H18ClFN2O/c1-9(2)17-13(18)5-6-16-8-10-3-4-11(15)7-12(10)14/h3-4,7,9,16H,5-6,8H2,1-2H3,(H,17,18). The molecule has 18 heavy (non-hydrogen) atoms. The highest BCUT2D eigenvalue weighted by Gasteiger charge is 2.04. The summed E-state index contributed by atoms with van der Waals surface area (Å²) in [7, 11) is 0. The molecule has 0 atom stereocenters. The normalized spacial score (nSPS) is 10.7. The van der Waals surface area contributed by atoms with E-state index in [2.05, 4.69) is 10.6 Å². The molecule has 0 saturated heterocycles. The van der Waals surface area contributed by atoms with E-state index in [1.165, 1.54) is 12.1 Å². The zero-order valence-corrected chi connectivity index (χ0v) is 11.4. The van der Waals surface area contributed by atoms with Gasteiger partial charge in [-0.1, -0.05) is 17.7 Å². The Balaban J connectivity index is 2.27. The lowest BCUT2D eigenvalue weighted by Crippen LogP contribution is -2.32. The van der Waals surface area contributed by atoms with Crippen LogP contribution in [0.15, 0.2) is 18.2 Å². The molecular formula is C13H18ClFN2O. The number of amides is 1. The van der Waals surface area contributed by atoms with Crippen LogP contribution in [0, 0.1) is 5.82 Å². The molecule has 0 aliphatic heterocycles. The van der Waals surface area contributed by atoms with Crippen LogP contribution < -0.4 is 10.6 Å². The van der Waals surface area contributed by atoms with Gasteiger partial charge in [0.25, 0.3) is 0 Å². The molecule has 1 amide bonds. The maximum absolute atomic E-state index is 12.8. The molecule has 5 heteroatoms. The Bertz CT molecular complexity index is 410. The molecule has 0 bridgehead atoms. The summed E-state index contributed by atoms with van der Waals surface area (Å²) in [4.78, 5) is 11.3. The van der Waals surface area contributed by atoms with Crippen LogP contribution in [-0.2, 0) is 11.3 Å². The van der Waals surface area contributed by atoms with E-state index < -0.39 is 0 Å². The van der Waals surface area contributed by atoms with Crippen LogP contribution in [0.2, 0.25) is 5.02 Å². The Morgan fingerprint density at radius 2 is 2.17 bits per heavy atom. The van der Waals surface area contributed by atoms with Gasteiger partial charge in [-0.25, -0.2) is 4.39 Å². The molecule has 0 spiro atoms. The average molecular weight is 273 g/mol. The molecular weight excluding hydrogens is 255 g/mol. The highest BCUT2D eigenvalue weighted by Crippen LogP contribution is 2.16. The van der Waals surface area contributed by atoms with E-state index in [1.807, 2.05) is 13.8 Å². The highest BCUT2D eigenvalue weighted by atomic mass is 35.5. The first-order valence-corrected chi connectivity index (χ1v) is 6.31. The molecule has 100 valence electrons. The third-order valence-corrected chi connectivity index (χ3v) is 2.66. The van der Waals surface area contributed by atoms with Crippen LogP contribution in [0.5, 0.6) is 0 Å². The van der Waals surface area contributed by atoms with E-state index in [4.69, 9.17) is 11.6 Å². The van der Waals surface area contributed by atoms with Gasteiger partial charge in [0.05, 0.1) is 0 Å². The minimum absolute atomic E-state index is 0.0164. The third-order valence-electron chi connectivity index (χ3n) is 2.31. The van der Waals surface area contributed by atoms with Gasteiger partial charge >= 0.3 is 0 Å². The van der Waals surface area contributed by atoms with Crippen LogP contribution in [0.25, 0.3) is 0 Å². The molecule has 1 aromatic carbocycles. The molecule has 1 rings (SSSR count). The Morgan fingerprint density at radius 1 is 1.44 bits per heavy atom. The molecule has 2 N–H and O–H groups in total. The van der Waals surface area contributed by atoms with Crippen molar-refractivity contribution in [3.63, 3.8) is 0 Å². The molecule has 0 unspecified atom stereocenters. The Morgan fingerprint density at radius 3 is 2.78 bits per heavy atom. The second-order valence-corrected chi connectivity index (χ2v) is 4.79. The summed E-state index contributed by atoms with van der Waals surface area (Å²) in [6.45, 7) is 4.92. The van der Waals surface area contributed by atoms with Crippen molar-refractivity contribution < 1.29 is 9.18 Å². The largest absolute Gasteiger partial charge is 0.354 e. The summed E-state index contributed by atoms with van der Waals surface area (Å²) < 4.78 is 12.8. The number of hydrogen-bond donors (Lipinski definition) is 2. The SMILES string of the molecule is CC(C)NC(=O)CCNCc1ccc(F)cc1Cl. The van der Waals surface area contributed by atoms with Crippen LogP contribution in [0.3, 0.4) is 0 Å². The fourth-order valence-corrected chi connectivity index (χ4v) is 1.72. The molecule has 0 radical (unpaired) electrons. The van der Waals surface area contributed by atoms with Crippen molar-refractivity contribution in [2.45, 2.75) is 32.9 Å². The fraction of sp³-hybridized carbons (Fsp3) is 0.462. The number of carbonyl (C=O) groups excluding carboxylic acids is 1. The number of halogens is 2. The van der Waals surface area contributed by atoms with Gasteiger partial charge < -0.3 is 10.6 Å². The summed E-state index contributed by atoms with van der Waals surface area (Å²) in [5, 5.41) is 6.30. The van der Waals surface area contributed by atoms with Crippen LogP contribution >= 0.6 is 11.6 Å². The second kappa shape index (κ2) is 7.34. The molecule has 0 fully saturated rings. The van der Waals surface area contributed by atoms with E-state index >= 15 is 0 Å². The highest BCUT2D eigenvalue weighted by molar-refractivity contribution is 6.31. The van der Waals surface area contributed by atoms with Gasteiger partial charge in [0, 0.05) is 30.6 Å². The zero-order chi connectivity index (χ0) is 13.5. The Kier molecular flexibility index (Phi) is 6.09. The van der Waals surface area contributed by atoms with Crippen LogP contribution in [0.4, 0.5) is 4.39 Å². The van der Waals surface area contributed by atoms with Crippen LogP contribution in [0.1, 0.15) is 25.8 Å². The van der Waals surface area contributed by atoms with E-state index in [1.54, 1.807) is 6.07 Å². The summed E-state index contributed by atoms with van der Waals surface area (Å²) in [6.07, 6.45) is 0.414. The Labute approximate surface area is 112 Å². The van der Waals surface area contributed by atoms with Crippen molar-refractivity contribution in [2.75, 3.05) is 6.54 Å². The topological polar surface area (TPSA) is 41.1 Å². The van der Waals surface area contributed by atoms with Gasteiger partial charge in [0.1, 0.15) is 5.82 Å². The third kappa shape index (κ3) is 5.47. The number of carbonyl (C=O) groups is 1. The number of benzene rings is 1. The van der Waals surface area contributed by atoms with Gasteiger partial charge in [-0.05, 0) is 31.5 Å². The van der Waals surface area contributed by atoms with E-state index in [0.717, 1.165) is 5.56 Å². The maximum atomic E-state index is 12.8. The molecule has 0 heterocycles. The quantitative estimate of drug-likeness (QED) is 0.781. The lowest BCUT2D eigenvalue weighted by Gasteiger charge is -2.09. The fourth-order valence-electron chi connectivity index (χ4n) is 1.48. The molecule has 0 saturated carbocycles. The molecule has 0 aliphatic carbocycles. The average Bonchev–Trinajstić information content (AvgIpc) is 2.25. The van der Waals surface area contributed by atoms with Crippen molar-refractivity contribution in [3.8, 4) is 0 Å². The minimum atomic E-state index is -0.347. The first kappa shape index (κ1) is 14.9. The second-order valence-electron chi connectivity index (χ2n) is 4.38.